The number of aromatic amines is 1. The molecule has 9 heteroatoms. The van der Waals surface area contributed by atoms with E-state index in [-0.39, 0.29) is 11.3 Å². The number of pyridine rings is 1. The SMILES string of the molecule is Cn1c(=O)[nH]c(=O)c2cc(-c3nc(C4(N)CCCC4)no3)cnc21. The Morgan fingerprint density at radius 3 is 2.83 bits per heavy atom. The van der Waals surface area contributed by atoms with Gasteiger partial charge in [-0.1, -0.05) is 18.0 Å². The number of nitrogens with one attached hydrogen (secondary N) is 1. The fourth-order valence-corrected chi connectivity index (χ4v) is 3.13. The van der Waals surface area contributed by atoms with Crippen LogP contribution in [-0.2, 0) is 12.6 Å². The van der Waals surface area contributed by atoms with E-state index in [0.29, 0.717) is 17.0 Å². The van der Waals surface area contributed by atoms with Gasteiger partial charge in [0.05, 0.1) is 16.5 Å². The zero-order valence-corrected chi connectivity index (χ0v) is 13.1. The van der Waals surface area contributed by atoms with Gasteiger partial charge < -0.3 is 10.3 Å². The number of aromatic nitrogens is 5. The van der Waals surface area contributed by atoms with Gasteiger partial charge >= 0.3 is 5.69 Å². The molecule has 3 aromatic rings. The Labute approximate surface area is 135 Å². The van der Waals surface area contributed by atoms with Gasteiger partial charge in [-0.15, -0.1) is 0 Å². The molecule has 24 heavy (non-hydrogen) atoms. The summed E-state index contributed by atoms with van der Waals surface area (Å²) in [5, 5.41) is 4.28. The van der Waals surface area contributed by atoms with Gasteiger partial charge in [0.1, 0.15) is 5.65 Å². The summed E-state index contributed by atoms with van der Waals surface area (Å²) < 4.78 is 6.58. The van der Waals surface area contributed by atoms with Gasteiger partial charge in [-0.3, -0.25) is 14.3 Å². The van der Waals surface area contributed by atoms with Crippen LogP contribution in [0.5, 0.6) is 0 Å². The maximum Gasteiger partial charge on any atom is 0.329 e. The summed E-state index contributed by atoms with van der Waals surface area (Å²) in [6.45, 7) is 0. The lowest BCUT2D eigenvalue weighted by atomic mass is 9.99. The lowest BCUT2D eigenvalue weighted by Gasteiger charge is -2.17. The minimum absolute atomic E-state index is 0.254. The Hall–Kier alpha value is -2.81. The maximum atomic E-state index is 12.0. The predicted molar refractivity (Wildman–Crippen MR) is 85.2 cm³/mol. The molecule has 3 N–H and O–H groups in total. The minimum atomic E-state index is -0.548. The van der Waals surface area contributed by atoms with E-state index in [1.165, 1.54) is 17.8 Å². The Kier molecular flexibility index (Phi) is 3.14. The summed E-state index contributed by atoms with van der Waals surface area (Å²) in [6.07, 6.45) is 5.23. The monoisotopic (exact) mass is 328 g/mol. The van der Waals surface area contributed by atoms with Gasteiger partial charge in [-0.2, -0.15) is 4.98 Å². The van der Waals surface area contributed by atoms with Crippen molar-refractivity contribution in [2.75, 3.05) is 0 Å². The van der Waals surface area contributed by atoms with Crippen molar-refractivity contribution >= 4 is 11.0 Å². The Bertz CT molecular complexity index is 1040. The van der Waals surface area contributed by atoms with Crippen LogP contribution < -0.4 is 17.0 Å². The molecule has 0 amide bonds. The number of nitrogens with zero attached hydrogens (tertiary/aromatic N) is 4. The van der Waals surface area contributed by atoms with Crippen LogP contribution in [-0.4, -0.2) is 24.7 Å². The van der Waals surface area contributed by atoms with E-state index in [9.17, 15) is 9.59 Å². The molecule has 0 spiro atoms. The van der Waals surface area contributed by atoms with Gasteiger partial charge in [-0.25, -0.2) is 9.78 Å². The van der Waals surface area contributed by atoms with Crippen molar-refractivity contribution in [3.8, 4) is 11.5 Å². The molecule has 3 aromatic heterocycles. The van der Waals surface area contributed by atoms with E-state index < -0.39 is 16.8 Å². The van der Waals surface area contributed by atoms with Gasteiger partial charge in [-0.05, 0) is 18.9 Å². The van der Waals surface area contributed by atoms with E-state index in [1.807, 2.05) is 0 Å². The third-order valence-electron chi connectivity index (χ3n) is 4.57. The number of aryl methyl sites for hydroxylation is 1. The van der Waals surface area contributed by atoms with Crippen LogP contribution in [0.25, 0.3) is 22.5 Å². The highest BCUT2D eigenvalue weighted by Crippen LogP contribution is 2.35. The molecule has 0 aliphatic heterocycles. The van der Waals surface area contributed by atoms with Crippen molar-refractivity contribution < 1.29 is 4.52 Å². The van der Waals surface area contributed by atoms with Crippen LogP contribution in [0.3, 0.4) is 0 Å². The highest BCUT2D eigenvalue weighted by atomic mass is 16.5. The van der Waals surface area contributed by atoms with E-state index in [4.69, 9.17) is 10.3 Å². The molecule has 1 saturated carbocycles. The number of H-pyrrole nitrogens is 1. The smallest absolute Gasteiger partial charge is 0.329 e. The fraction of sp³-hybridized carbons (Fsp3) is 0.400. The number of hydrogen-bond acceptors (Lipinski definition) is 7. The number of rotatable bonds is 2. The summed E-state index contributed by atoms with van der Waals surface area (Å²) in [7, 11) is 1.54. The minimum Gasteiger partial charge on any atom is -0.334 e. The highest BCUT2D eigenvalue weighted by molar-refractivity contribution is 5.78. The molecular formula is C15H16N6O3. The Balaban J connectivity index is 1.82. The molecule has 124 valence electrons. The average molecular weight is 328 g/mol. The normalized spacial score (nSPS) is 16.8. The first-order valence-electron chi connectivity index (χ1n) is 7.70. The van der Waals surface area contributed by atoms with Gasteiger partial charge in [0.2, 0.25) is 0 Å². The maximum absolute atomic E-state index is 12.0. The average Bonchev–Trinajstić information content (AvgIpc) is 3.22. The summed E-state index contributed by atoms with van der Waals surface area (Å²) in [4.78, 5) is 34.4. The summed E-state index contributed by atoms with van der Waals surface area (Å²) in [5.41, 5.74) is 5.56. The van der Waals surface area contributed by atoms with Crippen molar-refractivity contribution in [1.29, 1.82) is 0 Å². The van der Waals surface area contributed by atoms with Crippen LogP contribution in [0.2, 0.25) is 0 Å². The van der Waals surface area contributed by atoms with Crippen molar-refractivity contribution in [2.24, 2.45) is 12.8 Å². The Morgan fingerprint density at radius 1 is 1.33 bits per heavy atom. The molecule has 1 aliphatic rings. The second kappa shape index (κ2) is 5.10. The van der Waals surface area contributed by atoms with Crippen molar-refractivity contribution in [3.63, 3.8) is 0 Å². The first-order chi connectivity index (χ1) is 11.5. The van der Waals surface area contributed by atoms with E-state index in [2.05, 4.69) is 20.1 Å². The summed E-state index contributed by atoms with van der Waals surface area (Å²) in [5.74, 6) is 0.730. The van der Waals surface area contributed by atoms with Crippen LogP contribution in [0.4, 0.5) is 0 Å². The topological polar surface area (TPSA) is 133 Å². The molecule has 0 aromatic carbocycles. The van der Waals surface area contributed by atoms with Gasteiger partial charge in [0.15, 0.2) is 5.82 Å². The Morgan fingerprint density at radius 2 is 2.08 bits per heavy atom. The third-order valence-corrected chi connectivity index (χ3v) is 4.57. The van der Waals surface area contributed by atoms with E-state index in [0.717, 1.165) is 25.7 Å². The standard InChI is InChI=1S/C15H16N6O3/c1-21-10-9(11(22)18-14(21)23)6-8(7-17-10)12-19-13(20-24-12)15(16)4-2-3-5-15/h6-7H,2-5,16H2,1H3,(H,18,22,23). The van der Waals surface area contributed by atoms with Crippen LogP contribution in [0.15, 0.2) is 26.4 Å². The molecule has 0 unspecified atom stereocenters. The number of nitrogens with two attached hydrogens (primary N) is 1. The zero-order chi connectivity index (χ0) is 16.9. The van der Waals surface area contributed by atoms with Crippen molar-refractivity contribution in [1.82, 2.24) is 24.7 Å². The largest absolute Gasteiger partial charge is 0.334 e. The molecule has 0 saturated heterocycles. The van der Waals surface area contributed by atoms with Gasteiger partial charge in [0, 0.05) is 13.2 Å². The van der Waals surface area contributed by atoms with Crippen LogP contribution in [0.1, 0.15) is 31.5 Å². The lowest BCUT2D eigenvalue weighted by molar-refractivity contribution is 0.372. The number of fused-ring (bicyclic) bond motifs is 1. The first-order valence-corrected chi connectivity index (χ1v) is 7.70. The molecule has 3 heterocycles. The molecule has 1 aliphatic carbocycles. The third kappa shape index (κ3) is 2.16. The van der Waals surface area contributed by atoms with Crippen molar-refractivity contribution in [3.05, 3.63) is 38.9 Å². The molecule has 0 bridgehead atoms. The molecule has 1 fully saturated rings. The summed E-state index contributed by atoms with van der Waals surface area (Å²) in [6, 6.07) is 1.58. The van der Waals surface area contributed by atoms with Gasteiger partial charge in [0.25, 0.3) is 11.4 Å². The van der Waals surface area contributed by atoms with E-state index in [1.54, 1.807) is 6.07 Å². The zero-order valence-electron chi connectivity index (χ0n) is 13.1. The quantitative estimate of drug-likeness (QED) is 0.695. The predicted octanol–water partition coefficient (Wildman–Crippen LogP) is 0.400. The van der Waals surface area contributed by atoms with Crippen LogP contribution >= 0.6 is 0 Å². The van der Waals surface area contributed by atoms with Crippen LogP contribution in [0, 0.1) is 0 Å². The molecule has 0 radical (unpaired) electrons. The molecule has 9 nitrogen and oxygen atoms in total. The van der Waals surface area contributed by atoms with E-state index >= 15 is 0 Å². The second-order valence-corrected chi connectivity index (χ2v) is 6.20. The molecule has 0 atom stereocenters. The van der Waals surface area contributed by atoms with Crippen molar-refractivity contribution in [2.45, 2.75) is 31.2 Å². The number of hydrogen-bond donors (Lipinski definition) is 2. The molecular weight excluding hydrogens is 312 g/mol. The summed E-state index contributed by atoms with van der Waals surface area (Å²) >= 11 is 0. The highest BCUT2D eigenvalue weighted by Gasteiger charge is 2.36. The second-order valence-electron chi connectivity index (χ2n) is 6.20. The molecule has 4 rings (SSSR count). The lowest BCUT2D eigenvalue weighted by Crippen LogP contribution is -2.34. The fourth-order valence-electron chi connectivity index (χ4n) is 3.13. The first kappa shape index (κ1) is 14.8.